The highest BCUT2D eigenvalue weighted by Crippen LogP contribution is 2.33. The Labute approximate surface area is 100 Å². The van der Waals surface area contributed by atoms with Gasteiger partial charge in [0.05, 0.1) is 5.54 Å². The van der Waals surface area contributed by atoms with E-state index in [2.05, 4.69) is 0 Å². The highest BCUT2D eigenvalue weighted by molar-refractivity contribution is 5.88. The minimum Gasteiger partial charge on any atom is -0.344 e. The monoisotopic (exact) mass is 236 g/mol. The van der Waals surface area contributed by atoms with Crippen molar-refractivity contribution in [3.05, 3.63) is 35.6 Å². The number of hydrogen-bond acceptors (Lipinski definition) is 2. The molecule has 1 aromatic rings. The van der Waals surface area contributed by atoms with Crippen LogP contribution in [-0.2, 0) is 11.2 Å². The molecule has 0 spiro atoms. The zero-order valence-corrected chi connectivity index (χ0v) is 9.95. The van der Waals surface area contributed by atoms with Gasteiger partial charge in [0.15, 0.2) is 0 Å². The minimum absolute atomic E-state index is 0.00565. The fourth-order valence-electron chi connectivity index (χ4n) is 1.82. The molecular formula is C13H17FN2O. The zero-order chi connectivity index (χ0) is 12.5. The van der Waals surface area contributed by atoms with E-state index in [1.165, 1.54) is 12.1 Å². The van der Waals surface area contributed by atoms with Crippen LogP contribution in [0.4, 0.5) is 4.39 Å². The summed E-state index contributed by atoms with van der Waals surface area (Å²) in [6.45, 7) is 0.571. The molecule has 1 amide bonds. The van der Waals surface area contributed by atoms with Crippen LogP contribution in [0.25, 0.3) is 0 Å². The number of halogens is 1. The maximum atomic E-state index is 12.9. The molecule has 0 atom stereocenters. The van der Waals surface area contributed by atoms with E-state index < -0.39 is 5.54 Å². The standard InChI is InChI=1S/C13H17FN2O/c1-16(12(17)13(15)6-7-13)8-5-10-3-2-4-11(14)9-10/h2-4,9H,5-8,15H2,1H3. The first kappa shape index (κ1) is 12.0. The Hall–Kier alpha value is -1.42. The van der Waals surface area contributed by atoms with Crippen LogP contribution < -0.4 is 5.73 Å². The van der Waals surface area contributed by atoms with Crippen LogP contribution in [0.1, 0.15) is 18.4 Å². The van der Waals surface area contributed by atoms with Gasteiger partial charge in [-0.15, -0.1) is 0 Å². The van der Waals surface area contributed by atoms with Crippen LogP contribution in [-0.4, -0.2) is 29.9 Å². The first-order chi connectivity index (χ1) is 8.01. The van der Waals surface area contributed by atoms with Gasteiger partial charge in [0, 0.05) is 13.6 Å². The molecule has 0 radical (unpaired) electrons. The average molecular weight is 236 g/mol. The van der Waals surface area contributed by atoms with E-state index in [0.29, 0.717) is 13.0 Å². The molecule has 3 nitrogen and oxygen atoms in total. The fourth-order valence-corrected chi connectivity index (χ4v) is 1.82. The summed E-state index contributed by atoms with van der Waals surface area (Å²) in [6.07, 6.45) is 2.20. The van der Waals surface area contributed by atoms with Crippen LogP contribution in [0.5, 0.6) is 0 Å². The molecule has 0 unspecified atom stereocenters. The lowest BCUT2D eigenvalue weighted by molar-refractivity contribution is -0.132. The minimum atomic E-state index is -0.614. The SMILES string of the molecule is CN(CCc1cccc(F)c1)C(=O)C1(N)CC1. The Morgan fingerprint density at radius 1 is 1.53 bits per heavy atom. The number of benzene rings is 1. The number of hydrogen-bond donors (Lipinski definition) is 1. The Bertz CT molecular complexity index is 429. The largest absolute Gasteiger partial charge is 0.344 e. The third kappa shape index (κ3) is 2.82. The molecule has 4 heteroatoms. The number of nitrogens with two attached hydrogens (primary N) is 1. The van der Waals surface area contributed by atoms with Gasteiger partial charge in [-0.2, -0.15) is 0 Å². The lowest BCUT2D eigenvalue weighted by atomic mass is 10.1. The van der Waals surface area contributed by atoms with Crippen LogP contribution >= 0.6 is 0 Å². The molecule has 0 heterocycles. The number of amides is 1. The summed E-state index contributed by atoms with van der Waals surface area (Å²) in [6, 6.07) is 6.44. The van der Waals surface area contributed by atoms with Crippen molar-refractivity contribution in [3.63, 3.8) is 0 Å². The van der Waals surface area contributed by atoms with E-state index in [9.17, 15) is 9.18 Å². The smallest absolute Gasteiger partial charge is 0.242 e. The first-order valence-corrected chi connectivity index (χ1v) is 5.80. The topological polar surface area (TPSA) is 46.3 Å². The van der Waals surface area contributed by atoms with E-state index >= 15 is 0 Å². The second-order valence-corrected chi connectivity index (χ2v) is 4.76. The van der Waals surface area contributed by atoms with Gasteiger partial charge in [-0.25, -0.2) is 4.39 Å². The Morgan fingerprint density at radius 3 is 2.82 bits per heavy atom. The van der Waals surface area contributed by atoms with Crippen molar-refractivity contribution in [3.8, 4) is 0 Å². The van der Waals surface area contributed by atoms with Crippen molar-refractivity contribution in [2.24, 2.45) is 5.73 Å². The van der Waals surface area contributed by atoms with E-state index in [4.69, 9.17) is 5.73 Å². The molecule has 17 heavy (non-hydrogen) atoms. The quantitative estimate of drug-likeness (QED) is 0.857. The molecule has 1 aliphatic carbocycles. The molecule has 0 bridgehead atoms. The highest BCUT2D eigenvalue weighted by Gasteiger charge is 2.47. The van der Waals surface area contributed by atoms with Crippen molar-refractivity contribution in [1.29, 1.82) is 0 Å². The highest BCUT2D eigenvalue weighted by atomic mass is 19.1. The van der Waals surface area contributed by atoms with Crippen molar-refractivity contribution in [2.75, 3.05) is 13.6 Å². The van der Waals surface area contributed by atoms with E-state index in [1.54, 1.807) is 18.0 Å². The second-order valence-electron chi connectivity index (χ2n) is 4.76. The van der Waals surface area contributed by atoms with Gasteiger partial charge < -0.3 is 10.6 Å². The number of likely N-dealkylation sites (N-methyl/N-ethyl adjacent to an activating group) is 1. The van der Waals surface area contributed by atoms with Crippen molar-refractivity contribution in [1.82, 2.24) is 4.90 Å². The number of carbonyl (C=O) groups is 1. The van der Waals surface area contributed by atoms with Gasteiger partial charge >= 0.3 is 0 Å². The van der Waals surface area contributed by atoms with Gasteiger partial charge in [0.1, 0.15) is 5.82 Å². The Balaban J connectivity index is 1.88. The average Bonchev–Trinajstić information content (AvgIpc) is 3.05. The van der Waals surface area contributed by atoms with Gasteiger partial charge in [-0.3, -0.25) is 4.79 Å². The molecule has 1 saturated carbocycles. The predicted molar refractivity (Wildman–Crippen MR) is 63.9 cm³/mol. The van der Waals surface area contributed by atoms with Crippen LogP contribution in [0.3, 0.4) is 0 Å². The molecule has 2 N–H and O–H groups in total. The lowest BCUT2D eigenvalue weighted by Crippen LogP contribution is -2.44. The summed E-state index contributed by atoms with van der Waals surface area (Å²) in [5, 5.41) is 0. The van der Waals surface area contributed by atoms with Crippen LogP contribution in [0, 0.1) is 5.82 Å². The summed E-state index contributed by atoms with van der Waals surface area (Å²) in [7, 11) is 1.74. The summed E-state index contributed by atoms with van der Waals surface area (Å²) in [4.78, 5) is 13.5. The van der Waals surface area contributed by atoms with Crippen LogP contribution in [0.15, 0.2) is 24.3 Å². The van der Waals surface area contributed by atoms with Crippen molar-refractivity contribution < 1.29 is 9.18 Å². The summed E-state index contributed by atoms with van der Waals surface area (Å²) < 4.78 is 12.9. The van der Waals surface area contributed by atoms with E-state index in [0.717, 1.165) is 18.4 Å². The zero-order valence-electron chi connectivity index (χ0n) is 9.95. The lowest BCUT2D eigenvalue weighted by Gasteiger charge is -2.20. The number of carbonyl (C=O) groups excluding carboxylic acids is 1. The fraction of sp³-hybridized carbons (Fsp3) is 0.462. The molecule has 1 aliphatic rings. The molecule has 1 fully saturated rings. The molecule has 2 rings (SSSR count). The van der Waals surface area contributed by atoms with Gasteiger partial charge in [-0.05, 0) is 37.0 Å². The third-order valence-electron chi connectivity index (χ3n) is 3.19. The van der Waals surface area contributed by atoms with Gasteiger partial charge in [0.2, 0.25) is 5.91 Å². The van der Waals surface area contributed by atoms with Crippen molar-refractivity contribution >= 4 is 5.91 Å². The maximum Gasteiger partial charge on any atom is 0.242 e. The van der Waals surface area contributed by atoms with Gasteiger partial charge in [0.25, 0.3) is 0 Å². The summed E-state index contributed by atoms with van der Waals surface area (Å²) >= 11 is 0. The molecule has 1 aromatic carbocycles. The Morgan fingerprint density at radius 2 is 2.24 bits per heavy atom. The predicted octanol–water partition coefficient (Wildman–Crippen LogP) is 1.32. The molecule has 0 saturated heterocycles. The molecule has 0 aromatic heterocycles. The number of nitrogens with zero attached hydrogens (tertiary/aromatic N) is 1. The van der Waals surface area contributed by atoms with E-state index in [-0.39, 0.29) is 11.7 Å². The summed E-state index contributed by atoms with van der Waals surface area (Å²) in [5.41, 5.74) is 6.11. The molecule has 0 aliphatic heterocycles. The second kappa shape index (κ2) is 4.45. The van der Waals surface area contributed by atoms with Crippen LogP contribution in [0.2, 0.25) is 0 Å². The number of rotatable bonds is 4. The molecular weight excluding hydrogens is 219 g/mol. The maximum absolute atomic E-state index is 12.9. The Kier molecular flexibility index (Phi) is 3.15. The first-order valence-electron chi connectivity index (χ1n) is 5.80. The summed E-state index contributed by atoms with van der Waals surface area (Å²) in [5.74, 6) is -0.247. The van der Waals surface area contributed by atoms with Gasteiger partial charge in [-0.1, -0.05) is 12.1 Å². The third-order valence-corrected chi connectivity index (χ3v) is 3.19. The van der Waals surface area contributed by atoms with Crippen molar-refractivity contribution in [2.45, 2.75) is 24.8 Å². The normalized spacial score (nSPS) is 16.6. The molecule has 92 valence electrons. The van der Waals surface area contributed by atoms with E-state index in [1.807, 2.05) is 6.07 Å².